The minimum absolute atomic E-state index is 0.0899. The summed E-state index contributed by atoms with van der Waals surface area (Å²) in [7, 11) is 0. The van der Waals surface area contributed by atoms with Crippen molar-refractivity contribution < 1.29 is 0 Å². The minimum atomic E-state index is -0.0899. The van der Waals surface area contributed by atoms with Crippen LogP contribution < -0.4 is 5.56 Å². The summed E-state index contributed by atoms with van der Waals surface area (Å²) in [4.78, 5) is 15.8. The lowest BCUT2D eigenvalue weighted by atomic mass is 10.2. The number of nitrogens with one attached hydrogen (secondary N) is 1. The fourth-order valence-electron chi connectivity index (χ4n) is 2.19. The van der Waals surface area contributed by atoms with E-state index in [0.717, 1.165) is 20.3 Å². The Bertz CT molecular complexity index is 927. The highest BCUT2D eigenvalue weighted by atomic mass is 127. The van der Waals surface area contributed by atoms with Gasteiger partial charge >= 0.3 is 0 Å². The highest BCUT2D eigenvalue weighted by Crippen LogP contribution is 2.15. The molecule has 0 aliphatic carbocycles. The molecule has 0 unspecified atom stereocenters. The lowest BCUT2D eigenvalue weighted by Gasteiger charge is -2.09. The summed E-state index contributed by atoms with van der Waals surface area (Å²) in [6.45, 7) is 1.99. The third-order valence-electron chi connectivity index (χ3n) is 3.12. The molecule has 0 bridgehead atoms. The van der Waals surface area contributed by atoms with Crippen molar-refractivity contribution in [2.24, 2.45) is 0 Å². The van der Waals surface area contributed by atoms with Crippen molar-refractivity contribution in [2.45, 2.75) is 6.92 Å². The molecule has 100 valence electrons. The highest BCUT2D eigenvalue weighted by molar-refractivity contribution is 14.1. The quantitative estimate of drug-likeness (QED) is 0.501. The van der Waals surface area contributed by atoms with Gasteiger partial charge in [-0.15, -0.1) is 0 Å². The van der Waals surface area contributed by atoms with E-state index < -0.39 is 0 Å². The van der Waals surface area contributed by atoms with E-state index in [1.807, 2.05) is 49.4 Å². The van der Waals surface area contributed by atoms with Gasteiger partial charge in [-0.05, 0) is 77.6 Å². The summed E-state index contributed by atoms with van der Waals surface area (Å²) < 4.78 is 2.98. The Hall–Kier alpha value is -1.47. The lowest BCUT2D eigenvalue weighted by molar-refractivity contribution is 0.938. The standard InChI is InChI=1S/C15H11IN2OS/c1-9-3-2-4-11(7-9)18-14(19)12-8-10(16)5-6-13(12)17-15(18)20/h2-8H,1H3,(H,17,20). The van der Waals surface area contributed by atoms with E-state index in [9.17, 15) is 4.79 Å². The molecule has 0 saturated heterocycles. The largest absolute Gasteiger partial charge is 0.331 e. The van der Waals surface area contributed by atoms with Gasteiger partial charge in [-0.3, -0.25) is 9.36 Å². The second kappa shape index (κ2) is 5.14. The zero-order chi connectivity index (χ0) is 14.3. The van der Waals surface area contributed by atoms with E-state index in [4.69, 9.17) is 12.2 Å². The minimum Gasteiger partial charge on any atom is -0.331 e. The molecule has 0 aliphatic heterocycles. The van der Waals surface area contributed by atoms with Crippen LogP contribution in [0.3, 0.4) is 0 Å². The topological polar surface area (TPSA) is 37.8 Å². The van der Waals surface area contributed by atoms with Crippen LogP contribution in [0.2, 0.25) is 0 Å². The predicted octanol–water partition coefficient (Wildman–Crippen LogP) is 3.96. The molecule has 2 aromatic carbocycles. The molecule has 20 heavy (non-hydrogen) atoms. The molecule has 0 spiro atoms. The van der Waals surface area contributed by atoms with Crippen LogP contribution in [-0.2, 0) is 0 Å². The molecular formula is C15H11IN2OS. The summed E-state index contributed by atoms with van der Waals surface area (Å²) in [6, 6.07) is 13.5. The molecule has 3 rings (SSSR count). The fraction of sp³-hybridized carbons (Fsp3) is 0.0667. The van der Waals surface area contributed by atoms with Gasteiger partial charge in [0.1, 0.15) is 0 Å². The molecule has 3 aromatic rings. The summed E-state index contributed by atoms with van der Waals surface area (Å²) in [5, 5.41) is 0.645. The number of aromatic amines is 1. The molecule has 0 saturated carbocycles. The van der Waals surface area contributed by atoms with Crippen LogP contribution in [0.4, 0.5) is 0 Å². The number of rotatable bonds is 1. The number of aromatic nitrogens is 2. The van der Waals surface area contributed by atoms with Gasteiger partial charge in [-0.1, -0.05) is 12.1 Å². The van der Waals surface area contributed by atoms with Gasteiger partial charge in [0.25, 0.3) is 5.56 Å². The first kappa shape index (κ1) is 13.5. The number of hydrogen-bond acceptors (Lipinski definition) is 2. The van der Waals surface area contributed by atoms with Crippen LogP contribution in [0.15, 0.2) is 47.3 Å². The Morgan fingerprint density at radius 1 is 1.20 bits per heavy atom. The van der Waals surface area contributed by atoms with Gasteiger partial charge in [-0.25, -0.2) is 0 Å². The molecule has 1 heterocycles. The second-order valence-electron chi connectivity index (χ2n) is 4.60. The van der Waals surface area contributed by atoms with Crippen LogP contribution >= 0.6 is 34.8 Å². The van der Waals surface area contributed by atoms with Crippen molar-refractivity contribution in [1.82, 2.24) is 9.55 Å². The molecule has 0 amide bonds. The van der Waals surface area contributed by atoms with Crippen molar-refractivity contribution in [2.75, 3.05) is 0 Å². The maximum absolute atomic E-state index is 12.7. The summed E-state index contributed by atoms with van der Waals surface area (Å²) in [5.41, 5.74) is 2.56. The average Bonchev–Trinajstić information content (AvgIpc) is 2.40. The van der Waals surface area contributed by atoms with Crippen molar-refractivity contribution in [3.63, 3.8) is 0 Å². The molecule has 1 N–H and O–H groups in total. The number of nitrogens with zero attached hydrogens (tertiary/aromatic N) is 1. The molecule has 0 radical (unpaired) electrons. The molecule has 5 heteroatoms. The van der Waals surface area contributed by atoms with Crippen LogP contribution in [-0.4, -0.2) is 9.55 Å². The Morgan fingerprint density at radius 2 is 2.00 bits per heavy atom. The maximum Gasteiger partial charge on any atom is 0.266 e. The van der Waals surface area contributed by atoms with Crippen molar-refractivity contribution >= 4 is 45.7 Å². The molecule has 0 atom stereocenters. The number of hydrogen-bond donors (Lipinski definition) is 1. The van der Waals surface area contributed by atoms with Crippen LogP contribution in [0.25, 0.3) is 16.6 Å². The highest BCUT2D eigenvalue weighted by Gasteiger charge is 2.08. The number of aryl methyl sites for hydroxylation is 1. The number of benzene rings is 2. The summed E-state index contributed by atoms with van der Waals surface area (Å²) in [5.74, 6) is 0. The Balaban J connectivity index is 2.42. The second-order valence-corrected chi connectivity index (χ2v) is 6.23. The Morgan fingerprint density at radius 3 is 2.75 bits per heavy atom. The number of halogens is 1. The van der Waals surface area contributed by atoms with Gasteiger partial charge < -0.3 is 4.98 Å². The van der Waals surface area contributed by atoms with Crippen molar-refractivity contribution in [1.29, 1.82) is 0 Å². The molecule has 1 aromatic heterocycles. The van der Waals surface area contributed by atoms with E-state index in [1.165, 1.54) is 0 Å². The average molecular weight is 394 g/mol. The van der Waals surface area contributed by atoms with Gasteiger partial charge in [0.15, 0.2) is 4.77 Å². The van der Waals surface area contributed by atoms with Gasteiger partial charge in [0.2, 0.25) is 0 Å². The van der Waals surface area contributed by atoms with Gasteiger partial charge in [0.05, 0.1) is 16.6 Å². The zero-order valence-electron chi connectivity index (χ0n) is 10.7. The van der Waals surface area contributed by atoms with E-state index in [-0.39, 0.29) is 5.56 Å². The molecule has 3 nitrogen and oxygen atoms in total. The maximum atomic E-state index is 12.7. The molecule has 0 aliphatic rings. The SMILES string of the molecule is Cc1cccc(-n2c(=S)[nH]c3ccc(I)cc3c2=O)c1. The third kappa shape index (κ3) is 2.31. The van der Waals surface area contributed by atoms with E-state index >= 15 is 0 Å². The monoisotopic (exact) mass is 394 g/mol. The Labute approximate surface area is 134 Å². The predicted molar refractivity (Wildman–Crippen MR) is 92.2 cm³/mol. The molecular weight excluding hydrogens is 383 g/mol. The third-order valence-corrected chi connectivity index (χ3v) is 4.08. The van der Waals surface area contributed by atoms with Crippen molar-refractivity contribution in [3.8, 4) is 5.69 Å². The van der Waals surface area contributed by atoms with E-state index in [0.29, 0.717) is 10.2 Å². The first-order valence-corrected chi connectivity index (χ1v) is 7.56. The first-order valence-electron chi connectivity index (χ1n) is 6.08. The zero-order valence-corrected chi connectivity index (χ0v) is 13.7. The first-order chi connectivity index (χ1) is 9.56. The van der Waals surface area contributed by atoms with E-state index in [2.05, 4.69) is 27.6 Å². The normalized spacial score (nSPS) is 10.9. The number of H-pyrrole nitrogens is 1. The summed E-state index contributed by atoms with van der Waals surface area (Å²) in [6.07, 6.45) is 0. The Kier molecular flexibility index (Phi) is 3.47. The van der Waals surface area contributed by atoms with Crippen LogP contribution in [0.5, 0.6) is 0 Å². The van der Waals surface area contributed by atoms with E-state index in [1.54, 1.807) is 4.57 Å². The van der Waals surface area contributed by atoms with Crippen LogP contribution in [0, 0.1) is 15.3 Å². The lowest BCUT2D eigenvalue weighted by Crippen LogP contribution is -2.20. The smallest absolute Gasteiger partial charge is 0.266 e. The fourth-order valence-corrected chi connectivity index (χ4v) is 2.98. The van der Waals surface area contributed by atoms with Gasteiger partial charge in [0, 0.05) is 3.57 Å². The van der Waals surface area contributed by atoms with Gasteiger partial charge in [-0.2, -0.15) is 0 Å². The number of fused-ring (bicyclic) bond motifs is 1. The van der Waals surface area contributed by atoms with Crippen molar-refractivity contribution in [3.05, 3.63) is 66.7 Å². The van der Waals surface area contributed by atoms with Crippen LogP contribution in [0.1, 0.15) is 5.56 Å². The summed E-state index contributed by atoms with van der Waals surface area (Å²) >= 11 is 7.53. The molecule has 0 fully saturated rings.